The Balaban J connectivity index is 2.74. The van der Waals surface area contributed by atoms with Crippen molar-refractivity contribution in [3.8, 4) is 0 Å². The van der Waals surface area contributed by atoms with Gasteiger partial charge in [0.15, 0.2) is 0 Å². The fourth-order valence-electron chi connectivity index (χ4n) is 0.721. The van der Waals surface area contributed by atoms with E-state index in [2.05, 4.69) is 10.7 Å². The van der Waals surface area contributed by atoms with Crippen LogP contribution >= 0.6 is 11.6 Å². The normalized spacial score (nSPS) is 9.18. The van der Waals surface area contributed by atoms with Crippen molar-refractivity contribution in [1.82, 2.24) is 0 Å². The van der Waals surface area contributed by atoms with Crippen LogP contribution in [-0.2, 0) is 5.88 Å². The minimum Gasteiger partial charge on any atom is -0.242 e. The molecule has 0 saturated carbocycles. The molecule has 1 aromatic carbocycles. The Morgan fingerprint density at radius 1 is 1.36 bits per heavy atom. The van der Waals surface area contributed by atoms with Gasteiger partial charge in [0.2, 0.25) is 0 Å². The van der Waals surface area contributed by atoms with Crippen LogP contribution < -0.4 is 5.43 Å². The smallest absolute Gasteiger partial charge is 0.0594 e. The average molecular weight is 171 g/mol. The predicted octanol–water partition coefficient (Wildman–Crippen LogP) is 2.52. The van der Waals surface area contributed by atoms with E-state index in [1.807, 2.05) is 12.1 Å². The third-order valence-corrected chi connectivity index (χ3v) is 1.59. The summed E-state index contributed by atoms with van der Waals surface area (Å²) in [4.78, 5) is 9.74. The van der Waals surface area contributed by atoms with E-state index in [1.54, 1.807) is 12.1 Å². The highest BCUT2D eigenvalue weighted by Crippen LogP contribution is 2.10. The number of hydrogen-bond donors (Lipinski definition) is 1. The summed E-state index contributed by atoms with van der Waals surface area (Å²) in [5, 5.41) is 2.53. The van der Waals surface area contributed by atoms with Crippen LogP contribution in [0.25, 0.3) is 0 Å². The highest BCUT2D eigenvalue weighted by Gasteiger charge is 1.90. The molecule has 0 aliphatic carbocycles. The van der Waals surface area contributed by atoms with Crippen LogP contribution in [0.5, 0.6) is 0 Å². The zero-order chi connectivity index (χ0) is 8.10. The van der Waals surface area contributed by atoms with Gasteiger partial charge in [0, 0.05) is 5.88 Å². The van der Waals surface area contributed by atoms with Crippen molar-refractivity contribution < 1.29 is 0 Å². The standard InChI is InChI=1S/C7H7ClN2O/c8-5-6-1-3-7(4-2-6)9-10-11/h1-4H,5H2,(H,9,11). The number of hydrogen-bond acceptors (Lipinski definition) is 2. The molecule has 1 rings (SSSR count). The Labute approximate surface area is 69.3 Å². The molecule has 0 unspecified atom stereocenters. The van der Waals surface area contributed by atoms with Gasteiger partial charge in [0.25, 0.3) is 0 Å². The number of nitrogens with zero attached hydrogens (tertiary/aromatic N) is 1. The molecule has 1 N–H and O–H groups in total. The molecular formula is C7H7ClN2O. The maximum absolute atomic E-state index is 9.74. The molecule has 0 radical (unpaired) electrons. The molecule has 0 spiro atoms. The van der Waals surface area contributed by atoms with Gasteiger partial charge >= 0.3 is 0 Å². The predicted molar refractivity (Wildman–Crippen MR) is 45.4 cm³/mol. The summed E-state index contributed by atoms with van der Waals surface area (Å²) < 4.78 is 0. The van der Waals surface area contributed by atoms with Crippen molar-refractivity contribution in [3.63, 3.8) is 0 Å². The van der Waals surface area contributed by atoms with Crippen LogP contribution in [0.15, 0.2) is 29.6 Å². The van der Waals surface area contributed by atoms with Crippen LogP contribution in [-0.4, -0.2) is 0 Å². The van der Waals surface area contributed by atoms with E-state index in [1.165, 1.54) is 0 Å². The summed E-state index contributed by atoms with van der Waals surface area (Å²) in [7, 11) is 0. The van der Waals surface area contributed by atoms with Gasteiger partial charge in [-0.05, 0) is 17.7 Å². The first-order valence-corrected chi connectivity index (χ1v) is 3.63. The Bertz CT molecular complexity index is 235. The van der Waals surface area contributed by atoms with Gasteiger partial charge in [-0.3, -0.25) is 0 Å². The van der Waals surface area contributed by atoms with E-state index in [0.29, 0.717) is 11.6 Å². The van der Waals surface area contributed by atoms with E-state index in [4.69, 9.17) is 11.6 Å². The number of rotatable bonds is 3. The largest absolute Gasteiger partial charge is 0.242 e. The second kappa shape index (κ2) is 3.93. The van der Waals surface area contributed by atoms with Gasteiger partial charge in [0.1, 0.15) is 0 Å². The molecule has 0 heterocycles. The van der Waals surface area contributed by atoms with Gasteiger partial charge < -0.3 is 0 Å². The third-order valence-electron chi connectivity index (χ3n) is 1.28. The fourth-order valence-corrected chi connectivity index (χ4v) is 0.899. The topological polar surface area (TPSA) is 41.5 Å². The van der Waals surface area contributed by atoms with Crippen molar-refractivity contribution in [2.45, 2.75) is 5.88 Å². The number of anilines is 1. The molecule has 0 atom stereocenters. The lowest BCUT2D eigenvalue weighted by Crippen LogP contribution is -1.85. The molecule has 0 bridgehead atoms. The minimum atomic E-state index is 0.481. The first kappa shape index (κ1) is 8.01. The molecule has 4 heteroatoms. The van der Waals surface area contributed by atoms with E-state index >= 15 is 0 Å². The summed E-state index contributed by atoms with van der Waals surface area (Å²) >= 11 is 5.55. The van der Waals surface area contributed by atoms with Crippen molar-refractivity contribution in [3.05, 3.63) is 34.7 Å². The van der Waals surface area contributed by atoms with Crippen LogP contribution in [0.4, 0.5) is 5.69 Å². The van der Waals surface area contributed by atoms with Gasteiger partial charge in [-0.15, -0.1) is 16.5 Å². The summed E-state index contributed by atoms with van der Waals surface area (Å²) in [6, 6.07) is 7.17. The molecule has 0 fully saturated rings. The van der Waals surface area contributed by atoms with Crippen molar-refractivity contribution >= 4 is 17.3 Å². The molecule has 0 saturated heterocycles. The molecular weight excluding hydrogens is 164 g/mol. The van der Waals surface area contributed by atoms with E-state index in [-0.39, 0.29) is 0 Å². The monoisotopic (exact) mass is 170 g/mol. The van der Waals surface area contributed by atoms with Gasteiger partial charge in [0.05, 0.1) is 11.0 Å². The quantitative estimate of drug-likeness (QED) is 0.430. The van der Waals surface area contributed by atoms with Gasteiger partial charge in [-0.2, -0.15) is 0 Å². The molecule has 3 nitrogen and oxygen atoms in total. The SMILES string of the molecule is O=NNc1ccc(CCl)cc1. The van der Waals surface area contributed by atoms with Crippen LogP contribution in [0.2, 0.25) is 0 Å². The lowest BCUT2D eigenvalue weighted by Gasteiger charge is -1.97. The van der Waals surface area contributed by atoms with E-state index in [0.717, 1.165) is 5.56 Å². The van der Waals surface area contributed by atoms with Crippen LogP contribution in [0.1, 0.15) is 5.56 Å². The number of benzene rings is 1. The first-order valence-electron chi connectivity index (χ1n) is 3.10. The van der Waals surface area contributed by atoms with Crippen molar-refractivity contribution in [2.24, 2.45) is 5.29 Å². The Hall–Kier alpha value is -1.09. The fraction of sp³-hybridized carbons (Fsp3) is 0.143. The molecule has 0 aromatic heterocycles. The second-order valence-corrected chi connectivity index (χ2v) is 2.30. The number of halogens is 1. The molecule has 11 heavy (non-hydrogen) atoms. The summed E-state index contributed by atoms with van der Waals surface area (Å²) in [6.45, 7) is 0. The minimum absolute atomic E-state index is 0.481. The molecule has 0 aliphatic heterocycles. The molecule has 0 aliphatic rings. The highest BCUT2D eigenvalue weighted by atomic mass is 35.5. The Morgan fingerprint density at radius 3 is 2.45 bits per heavy atom. The van der Waals surface area contributed by atoms with Crippen molar-refractivity contribution in [2.75, 3.05) is 5.43 Å². The zero-order valence-electron chi connectivity index (χ0n) is 5.75. The Morgan fingerprint density at radius 2 is 2.00 bits per heavy atom. The lowest BCUT2D eigenvalue weighted by atomic mass is 10.2. The molecule has 0 amide bonds. The first-order chi connectivity index (χ1) is 5.36. The van der Waals surface area contributed by atoms with Gasteiger partial charge in [-0.25, -0.2) is 5.43 Å². The number of nitrogens with one attached hydrogen (secondary N) is 1. The lowest BCUT2D eigenvalue weighted by molar-refractivity contribution is 1.30. The van der Waals surface area contributed by atoms with Crippen LogP contribution in [0.3, 0.4) is 0 Å². The van der Waals surface area contributed by atoms with Crippen molar-refractivity contribution in [1.29, 1.82) is 0 Å². The van der Waals surface area contributed by atoms with Gasteiger partial charge in [-0.1, -0.05) is 12.1 Å². The third kappa shape index (κ3) is 2.20. The molecule has 58 valence electrons. The average Bonchev–Trinajstić information content (AvgIpc) is 2.07. The maximum atomic E-state index is 9.74. The highest BCUT2D eigenvalue weighted by molar-refractivity contribution is 6.17. The number of alkyl halides is 1. The van der Waals surface area contributed by atoms with E-state index in [9.17, 15) is 4.91 Å². The summed E-state index contributed by atoms with van der Waals surface area (Å²) in [6.07, 6.45) is 0. The summed E-state index contributed by atoms with van der Waals surface area (Å²) in [5.74, 6) is 0.481. The van der Waals surface area contributed by atoms with Crippen LogP contribution in [0, 0.1) is 4.91 Å². The second-order valence-electron chi connectivity index (χ2n) is 2.03. The zero-order valence-corrected chi connectivity index (χ0v) is 6.51. The van der Waals surface area contributed by atoms with E-state index < -0.39 is 0 Å². The maximum Gasteiger partial charge on any atom is 0.0594 e. The molecule has 1 aromatic rings. The Kier molecular flexibility index (Phi) is 2.86. The summed E-state index contributed by atoms with van der Waals surface area (Å²) in [5.41, 5.74) is 3.98. The number of nitroso groups, excluding NO2 is 1.